The normalized spacial score (nSPS) is 16.5. The lowest BCUT2D eigenvalue weighted by Crippen LogP contribution is -2.23. The molecule has 1 saturated carbocycles. The summed E-state index contributed by atoms with van der Waals surface area (Å²) in [5, 5.41) is 3.57. The highest BCUT2D eigenvalue weighted by atomic mass is 79.9. The summed E-state index contributed by atoms with van der Waals surface area (Å²) in [4.78, 5) is 4.57. The van der Waals surface area contributed by atoms with Crippen LogP contribution in [0.2, 0.25) is 0 Å². The minimum absolute atomic E-state index is 0.144. The molecule has 3 heteroatoms. The summed E-state index contributed by atoms with van der Waals surface area (Å²) in [6.07, 6.45) is 5.91. The second-order valence-electron chi connectivity index (χ2n) is 5.66. The van der Waals surface area contributed by atoms with Gasteiger partial charge < -0.3 is 5.32 Å². The zero-order valence-corrected chi connectivity index (χ0v) is 13.9. The van der Waals surface area contributed by atoms with E-state index in [1.54, 1.807) is 0 Å². The Labute approximate surface area is 135 Å². The molecule has 1 aromatic carbocycles. The van der Waals surface area contributed by atoms with Gasteiger partial charge in [-0.15, -0.1) is 0 Å². The second-order valence-corrected chi connectivity index (χ2v) is 6.51. The van der Waals surface area contributed by atoms with Crippen LogP contribution in [-0.2, 0) is 0 Å². The molecule has 0 bridgehead atoms. The molecule has 1 unspecified atom stereocenters. The van der Waals surface area contributed by atoms with Crippen LogP contribution < -0.4 is 5.32 Å². The molecular formula is C18H21BrN2. The van der Waals surface area contributed by atoms with Crippen molar-refractivity contribution in [2.45, 2.75) is 38.1 Å². The molecule has 1 heterocycles. The molecule has 1 fully saturated rings. The van der Waals surface area contributed by atoms with Crippen LogP contribution in [-0.4, -0.2) is 11.5 Å². The summed E-state index contributed by atoms with van der Waals surface area (Å²) >= 11 is 3.63. The van der Waals surface area contributed by atoms with Crippen LogP contribution in [0, 0.1) is 0 Å². The molecule has 1 aliphatic rings. The van der Waals surface area contributed by atoms with Crippen molar-refractivity contribution >= 4 is 15.9 Å². The molecule has 0 radical (unpaired) electrons. The van der Waals surface area contributed by atoms with Gasteiger partial charge in [-0.25, -0.2) is 0 Å². The Balaban J connectivity index is 1.95. The van der Waals surface area contributed by atoms with E-state index in [2.05, 4.69) is 63.5 Å². The number of aromatic nitrogens is 1. The minimum atomic E-state index is 0.144. The Morgan fingerprint density at radius 3 is 2.81 bits per heavy atom. The van der Waals surface area contributed by atoms with E-state index < -0.39 is 0 Å². The summed E-state index contributed by atoms with van der Waals surface area (Å²) in [6, 6.07) is 13.2. The number of pyridine rings is 1. The van der Waals surface area contributed by atoms with Crippen molar-refractivity contribution in [3.8, 4) is 0 Å². The summed E-state index contributed by atoms with van der Waals surface area (Å²) < 4.78 is 1.06. The maximum Gasteiger partial charge on any atom is 0.0763 e. The molecule has 0 saturated heterocycles. The van der Waals surface area contributed by atoms with Crippen LogP contribution in [0.1, 0.15) is 55.0 Å². The summed E-state index contributed by atoms with van der Waals surface area (Å²) in [7, 11) is 0. The summed E-state index contributed by atoms with van der Waals surface area (Å²) in [6.45, 7) is 3.06. The van der Waals surface area contributed by atoms with Crippen molar-refractivity contribution < 1.29 is 0 Å². The third-order valence-corrected chi connectivity index (χ3v) is 4.96. The Hall–Kier alpha value is -1.19. The van der Waals surface area contributed by atoms with Gasteiger partial charge in [0.15, 0.2) is 0 Å². The minimum Gasteiger partial charge on any atom is -0.305 e. The van der Waals surface area contributed by atoms with Gasteiger partial charge in [0.1, 0.15) is 0 Å². The van der Waals surface area contributed by atoms with Gasteiger partial charge in [-0.2, -0.15) is 0 Å². The fourth-order valence-corrected chi connectivity index (χ4v) is 3.40. The van der Waals surface area contributed by atoms with Crippen LogP contribution in [0.25, 0.3) is 0 Å². The first-order chi connectivity index (χ1) is 10.3. The van der Waals surface area contributed by atoms with E-state index in [1.807, 2.05) is 12.3 Å². The maximum atomic E-state index is 4.57. The lowest BCUT2D eigenvalue weighted by molar-refractivity contribution is 0.419. The lowest BCUT2D eigenvalue weighted by Gasteiger charge is -2.27. The molecule has 110 valence electrons. The highest BCUT2D eigenvalue weighted by Crippen LogP contribution is 2.37. The number of rotatable bonds is 5. The molecule has 3 rings (SSSR count). The second kappa shape index (κ2) is 6.71. The molecule has 1 atom stereocenters. The SMILES string of the molecule is CCNC(c1cccc(C2CCC2)c1)c1ncccc1Br. The van der Waals surface area contributed by atoms with Gasteiger partial charge in [-0.1, -0.05) is 37.6 Å². The number of hydrogen-bond donors (Lipinski definition) is 1. The highest BCUT2D eigenvalue weighted by molar-refractivity contribution is 9.10. The monoisotopic (exact) mass is 344 g/mol. The zero-order chi connectivity index (χ0) is 14.7. The van der Waals surface area contributed by atoms with Gasteiger partial charge in [0, 0.05) is 10.7 Å². The van der Waals surface area contributed by atoms with Gasteiger partial charge >= 0.3 is 0 Å². The topological polar surface area (TPSA) is 24.9 Å². The molecule has 1 N–H and O–H groups in total. The van der Waals surface area contributed by atoms with Crippen LogP contribution in [0.4, 0.5) is 0 Å². The molecule has 0 spiro atoms. The van der Waals surface area contributed by atoms with Crippen LogP contribution in [0.5, 0.6) is 0 Å². The zero-order valence-electron chi connectivity index (χ0n) is 12.3. The van der Waals surface area contributed by atoms with E-state index in [0.29, 0.717) is 0 Å². The van der Waals surface area contributed by atoms with Crippen LogP contribution in [0.3, 0.4) is 0 Å². The van der Waals surface area contributed by atoms with Gasteiger partial charge in [-0.05, 0) is 64.5 Å². The number of nitrogens with zero attached hydrogens (tertiary/aromatic N) is 1. The van der Waals surface area contributed by atoms with E-state index in [-0.39, 0.29) is 6.04 Å². The van der Waals surface area contributed by atoms with E-state index in [9.17, 15) is 0 Å². The van der Waals surface area contributed by atoms with Gasteiger partial charge in [0.05, 0.1) is 11.7 Å². The Morgan fingerprint density at radius 1 is 1.29 bits per heavy atom. The predicted molar refractivity (Wildman–Crippen MR) is 90.5 cm³/mol. The lowest BCUT2D eigenvalue weighted by atomic mass is 9.79. The molecule has 2 aromatic rings. The first-order valence-corrected chi connectivity index (χ1v) is 8.52. The number of halogens is 1. The molecule has 1 aromatic heterocycles. The third kappa shape index (κ3) is 3.19. The summed E-state index contributed by atoms with van der Waals surface area (Å²) in [5.41, 5.74) is 3.85. The number of hydrogen-bond acceptors (Lipinski definition) is 2. The average molecular weight is 345 g/mol. The van der Waals surface area contributed by atoms with E-state index in [4.69, 9.17) is 0 Å². The first-order valence-electron chi connectivity index (χ1n) is 7.73. The fourth-order valence-electron chi connectivity index (χ4n) is 2.92. The number of benzene rings is 1. The molecule has 2 nitrogen and oxygen atoms in total. The van der Waals surface area contributed by atoms with Crippen molar-refractivity contribution in [2.24, 2.45) is 0 Å². The number of nitrogens with one attached hydrogen (secondary N) is 1. The highest BCUT2D eigenvalue weighted by Gasteiger charge is 2.22. The van der Waals surface area contributed by atoms with Crippen molar-refractivity contribution in [3.63, 3.8) is 0 Å². The molecule has 21 heavy (non-hydrogen) atoms. The van der Waals surface area contributed by atoms with Crippen LogP contribution in [0.15, 0.2) is 47.1 Å². The maximum absolute atomic E-state index is 4.57. The molecule has 0 aliphatic heterocycles. The Morgan fingerprint density at radius 2 is 2.14 bits per heavy atom. The third-order valence-electron chi connectivity index (χ3n) is 4.29. The van der Waals surface area contributed by atoms with Gasteiger partial charge in [-0.3, -0.25) is 4.98 Å². The van der Waals surface area contributed by atoms with Crippen molar-refractivity contribution in [2.75, 3.05) is 6.54 Å². The van der Waals surface area contributed by atoms with Crippen molar-refractivity contribution in [1.82, 2.24) is 10.3 Å². The quantitative estimate of drug-likeness (QED) is 0.841. The van der Waals surface area contributed by atoms with E-state index >= 15 is 0 Å². The smallest absolute Gasteiger partial charge is 0.0763 e. The average Bonchev–Trinajstić information content (AvgIpc) is 2.44. The van der Waals surface area contributed by atoms with Gasteiger partial charge in [0.25, 0.3) is 0 Å². The van der Waals surface area contributed by atoms with E-state index in [1.165, 1.54) is 30.4 Å². The largest absolute Gasteiger partial charge is 0.305 e. The first kappa shape index (κ1) is 14.7. The fraction of sp³-hybridized carbons (Fsp3) is 0.389. The molecule has 1 aliphatic carbocycles. The Bertz CT molecular complexity index is 608. The van der Waals surface area contributed by atoms with Gasteiger partial charge in [0.2, 0.25) is 0 Å². The van der Waals surface area contributed by atoms with Crippen LogP contribution >= 0.6 is 15.9 Å². The standard InChI is InChI=1S/C18H21BrN2/c1-2-20-17(18-16(19)10-5-11-21-18)15-9-4-8-14(12-15)13-6-3-7-13/h4-5,8-13,17,20H,2-3,6-7H2,1H3. The molecule has 0 amide bonds. The molecular weight excluding hydrogens is 324 g/mol. The van der Waals surface area contributed by atoms with Crippen molar-refractivity contribution in [3.05, 3.63) is 63.9 Å². The summed E-state index contributed by atoms with van der Waals surface area (Å²) in [5.74, 6) is 0.763. The Kier molecular flexibility index (Phi) is 4.71. The van der Waals surface area contributed by atoms with E-state index in [0.717, 1.165) is 22.6 Å². The van der Waals surface area contributed by atoms with Crippen molar-refractivity contribution in [1.29, 1.82) is 0 Å². The predicted octanol–water partition coefficient (Wildman–Crippen LogP) is 4.81.